The molecule has 228 valence electrons. The average molecular weight is 631 g/mol. The Morgan fingerprint density at radius 1 is 0.404 bits per heavy atom. The third-order valence-corrected chi connectivity index (χ3v) is 8.96. The van der Waals surface area contributed by atoms with Crippen LogP contribution in [0.25, 0.3) is 35.2 Å². The number of fused-ring (bicyclic) bond motifs is 1. The molecule has 5 heteroatoms. The number of hydrogen-bond acceptors (Lipinski definition) is 5. The van der Waals surface area contributed by atoms with Crippen LogP contribution in [0.15, 0.2) is 157 Å². The summed E-state index contributed by atoms with van der Waals surface area (Å²) < 4.78 is 25.4. The summed E-state index contributed by atoms with van der Waals surface area (Å²) in [7, 11) is 0. The summed E-state index contributed by atoms with van der Waals surface area (Å²) >= 11 is 1.65. The lowest BCUT2D eigenvalue weighted by Gasteiger charge is -2.20. The van der Waals surface area contributed by atoms with E-state index in [-0.39, 0.29) is 0 Å². The molecule has 5 aromatic rings. The van der Waals surface area contributed by atoms with E-state index in [0.29, 0.717) is 13.2 Å². The fourth-order valence-corrected chi connectivity index (χ4v) is 6.79. The highest BCUT2D eigenvalue weighted by molar-refractivity contribution is 7.14. The van der Waals surface area contributed by atoms with E-state index < -0.39 is 0 Å². The number of allylic oxidation sites excluding steroid dienone is 6. The Hall–Kier alpha value is -5.78. The van der Waals surface area contributed by atoms with Gasteiger partial charge >= 0.3 is 0 Å². The second kappa shape index (κ2) is 12.9. The summed E-state index contributed by atoms with van der Waals surface area (Å²) in [5.41, 5.74) is 6.07. The van der Waals surface area contributed by atoms with E-state index in [1.54, 1.807) is 11.3 Å². The van der Waals surface area contributed by atoms with Crippen LogP contribution in [-0.4, -0.2) is 13.2 Å². The number of benzene rings is 4. The minimum absolute atomic E-state index is 0.499. The van der Waals surface area contributed by atoms with E-state index in [1.807, 2.05) is 72.8 Å². The SMILES string of the molecule is C(=C1C=C(c2ccccc2)OC(c2ccccc2)=C1)c1sc(C=C2C=C(c3ccccc3)OC(c3ccccc3)=C2)c2c1OCCO2. The van der Waals surface area contributed by atoms with Crippen molar-refractivity contribution in [1.29, 1.82) is 0 Å². The zero-order valence-electron chi connectivity index (χ0n) is 25.5. The molecule has 0 unspecified atom stereocenters. The maximum atomic E-state index is 6.43. The topological polar surface area (TPSA) is 36.9 Å². The van der Waals surface area contributed by atoms with Crippen molar-refractivity contribution in [3.05, 3.63) is 189 Å². The lowest BCUT2D eigenvalue weighted by atomic mass is 10.0. The van der Waals surface area contributed by atoms with Gasteiger partial charge in [0, 0.05) is 22.3 Å². The first kappa shape index (κ1) is 28.7. The predicted octanol–water partition coefficient (Wildman–Crippen LogP) is 10.5. The van der Waals surface area contributed by atoms with Crippen molar-refractivity contribution in [1.82, 2.24) is 0 Å². The Kier molecular flexibility index (Phi) is 7.88. The van der Waals surface area contributed by atoms with Gasteiger partial charge in [0.1, 0.15) is 36.3 Å². The highest BCUT2D eigenvalue weighted by Crippen LogP contribution is 2.47. The molecular weight excluding hydrogens is 601 g/mol. The van der Waals surface area contributed by atoms with Crippen molar-refractivity contribution in [2.45, 2.75) is 0 Å². The van der Waals surface area contributed by atoms with Crippen LogP contribution in [0.1, 0.15) is 32.0 Å². The summed E-state index contributed by atoms with van der Waals surface area (Å²) in [6.45, 7) is 0.998. The molecule has 1 aromatic heterocycles. The Bertz CT molecular complexity index is 1830. The molecule has 0 saturated carbocycles. The highest BCUT2D eigenvalue weighted by Gasteiger charge is 2.25. The van der Waals surface area contributed by atoms with Gasteiger partial charge in [-0.1, -0.05) is 121 Å². The van der Waals surface area contributed by atoms with Crippen molar-refractivity contribution >= 4 is 46.5 Å². The molecule has 4 heterocycles. The molecule has 0 radical (unpaired) electrons. The van der Waals surface area contributed by atoms with Crippen molar-refractivity contribution in [3.8, 4) is 11.5 Å². The first-order chi connectivity index (χ1) is 23.3. The van der Waals surface area contributed by atoms with Crippen molar-refractivity contribution < 1.29 is 18.9 Å². The van der Waals surface area contributed by atoms with Crippen molar-refractivity contribution in [3.63, 3.8) is 0 Å². The summed E-state index contributed by atoms with van der Waals surface area (Å²) in [5.74, 6) is 4.71. The summed E-state index contributed by atoms with van der Waals surface area (Å²) in [6, 6.07) is 40.7. The van der Waals surface area contributed by atoms with Gasteiger partial charge in [0.2, 0.25) is 0 Å². The van der Waals surface area contributed by atoms with E-state index >= 15 is 0 Å². The number of ether oxygens (including phenoxy) is 4. The first-order valence-electron chi connectivity index (χ1n) is 15.6. The maximum Gasteiger partial charge on any atom is 0.180 e. The van der Waals surface area contributed by atoms with E-state index in [4.69, 9.17) is 18.9 Å². The third-order valence-electron chi connectivity index (χ3n) is 7.91. The molecule has 8 rings (SSSR count). The quantitative estimate of drug-likeness (QED) is 0.187. The standard InChI is InChI=1S/C42H30O4S/c1-5-13-31(14-6-1)35-23-29(24-36(45-35)32-15-7-2-8-16-32)27-39-41-42(44-22-21-43-41)40(47-39)28-30-25-37(33-17-9-3-10-18-33)46-38(26-30)34-19-11-4-12-20-34/h1-20,23-28H,21-22H2. The van der Waals surface area contributed by atoms with Gasteiger partial charge in [-0.3, -0.25) is 0 Å². The zero-order chi connectivity index (χ0) is 31.4. The lowest BCUT2D eigenvalue weighted by Crippen LogP contribution is -2.15. The van der Waals surface area contributed by atoms with E-state index in [2.05, 4.69) is 85.0 Å². The molecule has 4 nitrogen and oxygen atoms in total. The molecule has 47 heavy (non-hydrogen) atoms. The van der Waals surface area contributed by atoms with Crippen LogP contribution in [0.3, 0.4) is 0 Å². The van der Waals surface area contributed by atoms with Gasteiger partial charge in [0.15, 0.2) is 11.5 Å². The maximum absolute atomic E-state index is 6.43. The van der Waals surface area contributed by atoms with Crippen LogP contribution in [0.2, 0.25) is 0 Å². The molecule has 3 aliphatic rings. The normalized spacial score (nSPS) is 15.3. The molecule has 0 atom stereocenters. The molecule has 0 amide bonds. The zero-order valence-corrected chi connectivity index (χ0v) is 26.3. The summed E-state index contributed by atoms with van der Waals surface area (Å²) in [4.78, 5) is 1.98. The number of rotatable bonds is 6. The van der Waals surface area contributed by atoms with E-state index in [1.165, 1.54) is 0 Å². The molecule has 0 aliphatic carbocycles. The van der Waals surface area contributed by atoms with Crippen LogP contribution in [0, 0.1) is 0 Å². The molecule has 0 saturated heterocycles. The van der Waals surface area contributed by atoms with Crippen LogP contribution in [0.5, 0.6) is 11.5 Å². The van der Waals surface area contributed by atoms with Crippen LogP contribution in [-0.2, 0) is 9.47 Å². The van der Waals surface area contributed by atoms with Gasteiger partial charge in [0.25, 0.3) is 0 Å². The van der Waals surface area contributed by atoms with Crippen LogP contribution < -0.4 is 9.47 Å². The fraction of sp³-hybridized carbons (Fsp3) is 0.0476. The predicted molar refractivity (Wildman–Crippen MR) is 191 cm³/mol. The van der Waals surface area contributed by atoms with Gasteiger partial charge in [-0.15, -0.1) is 11.3 Å². The minimum Gasteiger partial charge on any atom is -0.485 e. The minimum atomic E-state index is 0.499. The van der Waals surface area contributed by atoms with Gasteiger partial charge in [-0.05, 0) is 47.6 Å². The molecule has 0 fully saturated rings. The average Bonchev–Trinajstić information content (AvgIpc) is 3.49. The smallest absolute Gasteiger partial charge is 0.180 e. The molecule has 3 aliphatic heterocycles. The van der Waals surface area contributed by atoms with Crippen LogP contribution >= 0.6 is 11.3 Å². The van der Waals surface area contributed by atoms with E-state index in [9.17, 15) is 0 Å². The fourth-order valence-electron chi connectivity index (χ4n) is 5.68. The molecule has 0 spiro atoms. The lowest BCUT2D eigenvalue weighted by molar-refractivity contribution is 0.173. The number of thiophene rings is 1. The van der Waals surface area contributed by atoms with Crippen molar-refractivity contribution in [2.24, 2.45) is 0 Å². The van der Waals surface area contributed by atoms with Gasteiger partial charge in [-0.2, -0.15) is 0 Å². The Morgan fingerprint density at radius 2 is 0.702 bits per heavy atom. The Balaban J connectivity index is 1.23. The largest absolute Gasteiger partial charge is 0.485 e. The van der Waals surface area contributed by atoms with Gasteiger partial charge < -0.3 is 18.9 Å². The monoisotopic (exact) mass is 630 g/mol. The molecule has 0 N–H and O–H groups in total. The molecule has 0 bridgehead atoms. The molecular formula is C42H30O4S. The number of hydrogen-bond donors (Lipinski definition) is 0. The highest BCUT2D eigenvalue weighted by atomic mass is 32.1. The van der Waals surface area contributed by atoms with Crippen molar-refractivity contribution in [2.75, 3.05) is 13.2 Å². The van der Waals surface area contributed by atoms with Gasteiger partial charge in [-0.25, -0.2) is 0 Å². The summed E-state index contributed by atoms with van der Waals surface area (Å²) in [6.07, 6.45) is 12.6. The molecule has 4 aromatic carbocycles. The Labute approximate surface area is 278 Å². The van der Waals surface area contributed by atoms with Gasteiger partial charge in [0.05, 0.1) is 9.75 Å². The second-order valence-electron chi connectivity index (χ2n) is 11.2. The van der Waals surface area contributed by atoms with Crippen LogP contribution in [0.4, 0.5) is 0 Å². The van der Waals surface area contributed by atoms with E-state index in [0.717, 1.165) is 77.7 Å². The third kappa shape index (κ3) is 6.22. The summed E-state index contributed by atoms with van der Waals surface area (Å²) in [5, 5.41) is 0. The first-order valence-corrected chi connectivity index (χ1v) is 16.4. The Morgan fingerprint density at radius 3 is 1.00 bits per heavy atom. The second-order valence-corrected chi connectivity index (χ2v) is 12.3.